The second kappa shape index (κ2) is 12.4. The number of halogens is 2. The van der Waals surface area contributed by atoms with Crippen molar-refractivity contribution in [2.75, 3.05) is 25.2 Å². The quantitative estimate of drug-likeness (QED) is 0.394. The first-order chi connectivity index (χ1) is 19.5. The molecule has 2 aromatic heterocycles. The Kier molecular flexibility index (Phi) is 8.94. The van der Waals surface area contributed by atoms with Crippen molar-refractivity contribution in [2.45, 2.75) is 58.2 Å². The summed E-state index contributed by atoms with van der Waals surface area (Å²) < 4.78 is 44.9. The largest absolute Gasteiger partial charge is 0.490 e. The Hall–Kier alpha value is -4.42. The maximum absolute atomic E-state index is 14.7. The molecule has 2 unspecified atom stereocenters. The Morgan fingerprint density at radius 2 is 1.88 bits per heavy atom. The number of esters is 1. The van der Waals surface area contributed by atoms with Crippen molar-refractivity contribution in [3.8, 4) is 17.4 Å². The first-order valence-corrected chi connectivity index (χ1v) is 13.1. The van der Waals surface area contributed by atoms with Gasteiger partial charge in [-0.25, -0.2) is 33.9 Å². The smallest absolute Gasteiger partial charge is 0.408 e. The summed E-state index contributed by atoms with van der Waals surface area (Å²) in [5.41, 5.74) is 1.30. The number of hydrogen-bond donors (Lipinski definition) is 1. The Balaban J connectivity index is 1.47. The van der Waals surface area contributed by atoms with Gasteiger partial charge in [-0.15, -0.1) is 0 Å². The lowest BCUT2D eigenvalue weighted by atomic mass is 9.98. The van der Waals surface area contributed by atoms with Crippen molar-refractivity contribution < 1.29 is 32.6 Å². The fraction of sp³-hybridized carbons (Fsp3) is 0.429. The number of hydrogen-bond acceptors (Lipinski definition) is 10. The highest BCUT2D eigenvalue weighted by atomic mass is 19.2. The van der Waals surface area contributed by atoms with E-state index < -0.39 is 35.3 Å². The molecule has 0 saturated heterocycles. The summed E-state index contributed by atoms with van der Waals surface area (Å²) in [6.45, 7) is 7.22. The number of methoxy groups -OCH3 is 1. The third-order valence-corrected chi connectivity index (χ3v) is 6.32. The van der Waals surface area contributed by atoms with E-state index in [1.165, 1.54) is 13.2 Å². The van der Waals surface area contributed by atoms with Crippen LogP contribution in [0.15, 0.2) is 36.8 Å². The first-order valence-electron chi connectivity index (χ1n) is 13.1. The van der Waals surface area contributed by atoms with Crippen LogP contribution in [0.3, 0.4) is 0 Å². The van der Waals surface area contributed by atoms with Gasteiger partial charge in [0, 0.05) is 61.4 Å². The summed E-state index contributed by atoms with van der Waals surface area (Å²) in [7, 11) is 1.17. The number of fused-ring (bicyclic) bond motifs is 1. The van der Waals surface area contributed by atoms with E-state index >= 15 is 0 Å². The lowest BCUT2D eigenvalue weighted by molar-refractivity contribution is -0.143. The number of benzene rings is 1. The van der Waals surface area contributed by atoms with E-state index in [2.05, 4.69) is 25.3 Å². The first kappa shape index (κ1) is 29.6. The molecule has 1 aliphatic heterocycles. The van der Waals surface area contributed by atoms with Crippen LogP contribution in [-0.2, 0) is 20.7 Å². The number of carbonyl (C=O) groups is 2. The predicted octanol–water partition coefficient (Wildman–Crippen LogP) is 4.17. The number of aromatic nitrogens is 4. The van der Waals surface area contributed by atoms with Crippen LogP contribution in [0.5, 0.6) is 5.75 Å². The van der Waals surface area contributed by atoms with Crippen LogP contribution in [0.2, 0.25) is 0 Å². The fourth-order valence-corrected chi connectivity index (χ4v) is 4.39. The van der Waals surface area contributed by atoms with Crippen LogP contribution < -0.4 is 15.0 Å². The van der Waals surface area contributed by atoms with Gasteiger partial charge in [-0.05, 0) is 33.8 Å². The molecule has 1 N–H and O–H groups in total. The molecule has 0 aliphatic carbocycles. The van der Waals surface area contributed by atoms with E-state index in [4.69, 9.17) is 14.2 Å². The summed E-state index contributed by atoms with van der Waals surface area (Å²) in [4.78, 5) is 43.6. The molecule has 0 bridgehead atoms. The van der Waals surface area contributed by atoms with Crippen LogP contribution in [0.4, 0.5) is 19.3 Å². The van der Waals surface area contributed by atoms with Gasteiger partial charge in [-0.1, -0.05) is 0 Å². The Labute approximate surface area is 236 Å². The molecule has 11 nitrogen and oxygen atoms in total. The molecular formula is C28H32F2N6O5. The number of amides is 1. The van der Waals surface area contributed by atoms with Crippen molar-refractivity contribution in [1.82, 2.24) is 25.3 Å². The zero-order chi connectivity index (χ0) is 29.7. The summed E-state index contributed by atoms with van der Waals surface area (Å²) in [6.07, 6.45) is 4.58. The Morgan fingerprint density at radius 3 is 2.56 bits per heavy atom. The monoisotopic (exact) mass is 570 g/mol. The molecule has 1 amide bonds. The van der Waals surface area contributed by atoms with E-state index in [0.29, 0.717) is 30.3 Å². The highest BCUT2D eigenvalue weighted by Crippen LogP contribution is 2.36. The van der Waals surface area contributed by atoms with Gasteiger partial charge in [0.2, 0.25) is 5.82 Å². The minimum Gasteiger partial charge on any atom is -0.490 e. The summed E-state index contributed by atoms with van der Waals surface area (Å²) in [6, 6.07) is 2.86. The second-order valence-electron chi connectivity index (χ2n) is 10.4. The summed E-state index contributed by atoms with van der Waals surface area (Å²) in [5.74, 6) is -2.47. The van der Waals surface area contributed by atoms with Crippen LogP contribution in [0.1, 0.15) is 51.4 Å². The third kappa shape index (κ3) is 7.21. The molecule has 0 fully saturated rings. The van der Waals surface area contributed by atoms with E-state index in [1.807, 2.05) is 11.8 Å². The Morgan fingerprint density at radius 1 is 1.15 bits per heavy atom. The molecule has 0 radical (unpaired) electrons. The number of ether oxygens (including phenoxy) is 3. The van der Waals surface area contributed by atoms with E-state index in [0.717, 1.165) is 17.3 Å². The molecule has 2 atom stereocenters. The molecule has 3 heterocycles. The molecule has 41 heavy (non-hydrogen) atoms. The minimum atomic E-state index is -1.16. The van der Waals surface area contributed by atoms with Crippen molar-refractivity contribution in [2.24, 2.45) is 0 Å². The average molecular weight is 571 g/mol. The molecule has 13 heteroatoms. The third-order valence-electron chi connectivity index (χ3n) is 6.32. The van der Waals surface area contributed by atoms with Crippen molar-refractivity contribution in [1.29, 1.82) is 0 Å². The van der Waals surface area contributed by atoms with E-state index in [1.54, 1.807) is 45.4 Å². The van der Waals surface area contributed by atoms with Gasteiger partial charge in [-0.3, -0.25) is 0 Å². The second-order valence-corrected chi connectivity index (χ2v) is 10.4. The topological polar surface area (TPSA) is 129 Å². The number of carbonyl (C=O) groups excluding carboxylic acids is 2. The summed E-state index contributed by atoms with van der Waals surface area (Å²) in [5, 5.41) is 2.42. The van der Waals surface area contributed by atoms with Crippen molar-refractivity contribution in [3.05, 3.63) is 59.7 Å². The molecule has 218 valence electrons. The fourth-order valence-electron chi connectivity index (χ4n) is 4.39. The van der Waals surface area contributed by atoms with Gasteiger partial charge in [0.05, 0.1) is 25.5 Å². The molecule has 1 aliphatic rings. The molecule has 4 rings (SSSR count). The minimum absolute atomic E-state index is 0.0739. The normalized spacial score (nSPS) is 15.5. The SMILES string of the molecule is COC(=O)C(CCOc1cc(N2CCc3nc(-c4ncccn4)ncc3C2C)cc(F)c1F)NC(=O)OC(C)(C)C. The molecular weight excluding hydrogens is 538 g/mol. The van der Waals surface area contributed by atoms with E-state index in [-0.39, 0.29) is 24.8 Å². The number of rotatable bonds is 8. The molecule has 0 spiro atoms. The van der Waals surface area contributed by atoms with Crippen LogP contribution >= 0.6 is 0 Å². The van der Waals surface area contributed by atoms with Gasteiger partial charge in [0.15, 0.2) is 23.2 Å². The molecule has 3 aromatic rings. The standard InChI is InChI=1S/C28H32F2N6O5/c1-16-18-15-33-25(24-31-9-6-10-32-24)34-20(18)7-11-36(16)17-13-19(29)23(30)22(14-17)40-12-8-21(26(37)39-5)35-27(38)41-28(2,3)4/h6,9-10,13-16,21H,7-8,11-12H2,1-5H3,(H,35,38). The number of nitrogens with one attached hydrogen (secondary N) is 1. The summed E-state index contributed by atoms with van der Waals surface area (Å²) >= 11 is 0. The van der Waals surface area contributed by atoms with Gasteiger partial charge < -0.3 is 24.4 Å². The number of alkyl carbamates (subject to hydrolysis) is 1. The maximum Gasteiger partial charge on any atom is 0.408 e. The zero-order valence-electron chi connectivity index (χ0n) is 23.5. The highest BCUT2D eigenvalue weighted by molar-refractivity contribution is 5.81. The molecule has 1 aromatic carbocycles. The van der Waals surface area contributed by atoms with Gasteiger partial charge in [-0.2, -0.15) is 4.39 Å². The zero-order valence-corrected chi connectivity index (χ0v) is 23.5. The van der Waals surface area contributed by atoms with Crippen LogP contribution in [-0.4, -0.2) is 63.9 Å². The lowest BCUT2D eigenvalue weighted by Crippen LogP contribution is -2.44. The predicted molar refractivity (Wildman–Crippen MR) is 144 cm³/mol. The van der Waals surface area contributed by atoms with Crippen molar-refractivity contribution in [3.63, 3.8) is 0 Å². The average Bonchev–Trinajstić information content (AvgIpc) is 2.93. The van der Waals surface area contributed by atoms with E-state index in [9.17, 15) is 18.4 Å². The van der Waals surface area contributed by atoms with Crippen LogP contribution in [0.25, 0.3) is 11.6 Å². The van der Waals surface area contributed by atoms with Crippen LogP contribution in [0, 0.1) is 11.6 Å². The maximum atomic E-state index is 14.7. The highest BCUT2D eigenvalue weighted by Gasteiger charge is 2.29. The Bertz CT molecular complexity index is 1400. The van der Waals surface area contributed by atoms with Crippen molar-refractivity contribution >= 4 is 17.7 Å². The van der Waals surface area contributed by atoms with Gasteiger partial charge in [0.1, 0.15) is 11.6 Å². The number of nitrogens with zero attached hydrogens (tertiary/aromatic N) is 5. The van der Waals surface area contributed by atoms with Gasteiger partial charge >= 0.3 is 12.1 Å². The molecule has 0 saturated carbocycles. The van der Waals surface area contributed by atoms with Gasteiger partial charge in [0.25, 0.3) is 0 Å². The lowest BCUT2D eigenvalue weighted by Gasteiger charge is -2.36. The number of anilines is 1.